The largest absolute Gasteiger partial charge is 0.383 e. The first kappa shape index (κ1) is 73.3. The molecule has 4 fully saturated rings. The second-order valence-corrected chi connectivity index (χ2v) is 27.8. The minimum absolute atomic E-state index is 0.324. The van der Waals surface area contributed by atoms with Crippen molar-refractivity contribution in [2.24, 2.45) is 0 Å². The molecule has 6 heterocycles. The van der Waals surface area contributed by atoms with Gasteiger partial charge in [0.05, 0.1) is 18.6 Å². The van der Waals surface area contributed by atoms with Crippen molar-refractivity contribution in [2.45, 2.75) is 198 Å². The van der Waals surface area contributed by atoms with Gasteiger partial charge in [0.1, 0.15) is 0 Å². The van der Waals surface area contributed by atoms with Crippen LogP contribution in [0.15, 0.2) is 142 Å². The van der Waals surface area contributed by atoms with E-state index in [0.717, 1.165) is 163 Å². The van der Waals surface area contributed by atoms with Crippen molar-refractivity contribution in [3.05, 3.63) is 164 Å². The number of aryl methyl sites for hydroxylation is 3. The minimum atomic E-state index is 0.324. The molecule has 534 valence electrons. The van der Waals surface area contributed by atoms with E-state index in [0.29, 0.717) is 84.6 Å². The molecule has 0 spiro atoms. The second kappa shape index (κ2) is 35.1. The normalized spacial score (nSPS) is 20.7. The maximum absolute atomic E-state index is 4.90. The maximum atomic E-state index is 4.90. The zero-order valence-corrected chi connectivity index (χ0v) is 60.8. The molecule has 0 amide bonds. The predicted molar refractivity (Wildman–Crippen MR) is 412 cm³/mol. The molecular weight excluding hydrogens is 1250 g/mol. The number of nitrogens with zero attached hydrogens (tertiary/aromatic N) is 15. The molecule has 2 unspecified atom stereocenters. The number of nitrogens with one attached hydrogen (secondary N) is 9. The van der Waals surface area contributed by atoms with Crippen LogP contribution >= 0.6 is 0 Å². The third kappa shape index (κ3) is 19.5. The quantitative estimate of drug-likeness (QED) is 0.0207. The summed E-state index contributed by atoms with van der Waals surface area (Å²) in [6.45, 7) is 30.2. The highest BCUT2D eigenvalue weighted by atomic mass is 15.4. The zero-order valence-electron chi connectivity index (χ0n) is 60.8. The van der Waals surface area contributed by atoms with Gasteiger partial charge in [-0.15, -0.1) is 0 Å². The molecule has 8 aromatic rings. The number of hydrogen-bond acceptors (Lipinski definition) is 21. The average Bonchev–Trinajstić information content (AvgIpc) is 1.62. The third-order valence-electron chi connectivity index (χ3n) is 20.0. The van der Waals surface area contributed by atoms with Crippen LogP contribution in [0, 0.1) is 0 Å². The Morgan fingerprint density at radius 3 is 1.30 bits per heavy atom. The van der Waals surface area contributed by atoms with Crippen LogP contribution in [-0.2, 0) is 25.8 Å². The van der Waals surface area contributed by atoms with Crippen LogP contribution in [0.5, 0.6) is 0 Å². The molecule has 9 N–H and O–H groups in total. The first-order valence-electron chi connectivity index (χ1n) is 36.1. The van der Waals surface area contributed by atoms with Gasteiger partial charge in [0.15, 0.2) is 16.9 Å². The number of benzene rings is 2. The second-order valence-electron chi connectivity index (χ2n) is 27.8. The van der Waals surface area contributed by atoms with Gasteiger partial charge in [0, 0.05) is 106 Å². The summed E-state index contributed by atoms with van der Waals surface area (Å²) in [5.74, 6) is 4.10. The monoisotopic (exact) mass is 1360 g/mol. The third-order valence-corrected chi connectivity index (χ3v) is 20.0. The molecule has 24 nitrogen and oxygen atoms in total. The summed E-state index contributed by atoms with van der Waals surface area (Å²) in [5.41, 5.74) is 12.2. The van der Waals surface area contributed by atoms with E-state index in [4.69, 9.17) is 29.9 Å². The Labute approximate surface area is 592 Å². The fraction of sp³-hybridized carbons (Fsp3) is 0.487. The molecule has 4 aliphatic rings. The highest BCUT2D eigenvalue weighted by Crippen LogP contribution is 2.31. The summed E-state index contributed by atoms with van der Waals surface area (Å²) in [7, 11) is 13.0. The van der Waals surface area contributed by atoms with Gasteiger partial charge in [0.2, 0.25) is 35.7 Å². The van der Waals surface area contributed by atoms with Gasteiger partial charge in [-0.25, -0.2) is 0 Å². The van der Waals surface area contributed by atoms with E-state index in [2.05, 4.69) is 193 Å². The lowest BCUT2D eigenvalue weighted by Gasteiger charge is -2.33. The Morgan fingerprint density at radius 1 is 0.450 bits per heavy atom. The molecule has 0 radical (unpaired) electrons. The number of rotatable bonds is 28. The van der Waals surface area contributed by atoms with Crippen molar-refractivity contribution >= 4 is 69.7 Å². The molecular formula is C76H110N24. The van der Waals surface area contributed by atoms with Gasteiger partial charge in [-0.2, -0.15) is 58.7 Å². The van der Waals surface area contributed by atoms with Gasteiger partial charge in [0.25, 0.3) is 0 Å². The van der Waals surface area contributed by atoms with Crippen molar-refractivity contribution in [1.82, 2.24) is 78.8 Å². The predicted octanol–water partition coefficient (Wildman–Crippen LogP) is 13.5. The molecule has 4 aliphatic carbocycles. The summed E-state index contributed by atoms with van der Waals surface area (Å²) >= 11 is 0. The van der Waals surface area contributed by atoms with Crippen LogP contribution in [0.1, 0.15) is 146 Å². The zero-order chi connectivity index (χ0) is 70.8. The molecule has 100 heavy (non-hydrogen) atoms. The van der Waals surface area contributed by atoms with E-state index in [1.165, 1.54) is 38.5 Å². The first-order chi connectivity index (χ1) is 48.4. The molecule has 24 heteroatoms. The van der Waals surface area contributed by atoms with E-state index in [1.807, 2.05) is 59.5 Å². The molecule has 2 atom stereocenters. The SMILES string of the molecule is C=CC(=C)NC1CCCC(Nc2nc(NC3CCC(N(C)C)CC3)nc3c(CC)cnn23)C1.C=CC(=C)Nc1cccc(CNc2nc(NC3CCC(N(C)C)CC3)nc3c(CC)cnn23)c1.C=CC(=C)Nc1cccc(Nc2nc(NC3CCC(N(C)C)CC3)nc3c(CC)cnn23)c1. The van der Waals surface area contributed by atoms with Gasteiger partial charge in [-0.1, -0.05) is 78.4 Å². The van der Waals surface area contributed by atoms with E-state index in [-0.39, 0.29) is 0 Å². The van der Waals surface area contributed by atoms with Crippen molar-refractivity contribution < 1.29 is 0 Å². The fourth-order valence-electron chi connectivity index (χ4n) is 13.9. The fourth-order valence-corrected chi connectivity index (χ4v) is 13.9. The average molecular weight is 1360 g/mol. The van der Waals surface area contributed by atoms with Gasteiger partial charge in [-0.3, -0.25) is 0 Å². The first-order valence-corrected chi connectivity index (χ1v) is 36.1. The molecule has 2 aromatic carbocycles. The number of allylic oxidation sites excluding steroid dienone is 3. The Balaban J connectivity index is 0.000000162. The van der Waals surface area contributed by atoms with E-state index >= 15 is 0 Å². The summed E-state index contributed by atoms with van der Waals surface area (Å²) in [5, 5.41) is 45.0. The van der Waals surface area contributed by atoms with Crippen LogP contribution in [0.2, 0.25) is 0 Å². The maximum Gasteiger partial charge on any atom is 0.233 e. The minimum Gasteiger partial charge on any atom is -0.383 e. The summed E-state index contributed by atoms with van der Waals surface area (Å²) in [6, 6.07) is 20.0. The van der Waals surface area contributed by atoms with E-state index in [1.54, 1.807) is 27.3 Å². The Bertz CT molecular complexity index is 4040. The van der Waals surface area contributed by atoms with Crippen molar-refractivity contribution in [3.63, 3.8) is 0 Å². The van der Waals surface area contributed by atoms with Crippen LogP contribution in [0.4, 0.5) is 52.8 Å². The van der Waals surface area contributed by atoms with Crippen molar-refractivity contribution in [2.75, 3.05) is 84.8 Å². The van der Waals surface area contributed by atoms with Crippen LogP contribution in [0.25, 0.3) is 16.9 Å². The molecule has 0 bridgehead atoms. The molecule has 6 aromatic heterocycles. The molecule has 0 saturated heterocycles. The standard InChI is InChI=1S/C26H36N8.C25H40N8.C25H34N8/c1-6-18(3)29-22-10-8-9-19(15-22)16-27-26-32-25(31-24-20(7-2)17-28-34(24)26)30-21-11-13-23(14-12-21)33(4)5;2*1-6-17(3)27-20-9-8-10-21(15-20)29-25-31-24(30-23-18(7-2)16-26-33(23)25)28-19-11-13-22(14-12-19)32(4)5/h6,8-10,15,17,21,23,29H,1,3,7,11-14,16H2,2,4-5H3,(H2,27,30,31,32);6,16,19-22,27H,1,3,7-15H2,2,4-5H3,(H2,28,29,30,31);6,8-10,15-16,19,22,27H,1,3,7,11-14H2,2,4-5H3,(H2,28,29,30,31). The molecule has 4 saturated carbocycles. The highest BCUT2D eigenvalue weighted by molar-refractivity contribution is 5.66. The Morgan fingerprint density at radius 2 is 0.850 bits per heavy atom. The molecule has 12 rings (SSSR count). The summed E-state index contributed by atoms with van der Waals surface area (Å²) < 4.78 is 5.44. The van der Waals surface area contributed by atoms with Crippen LogP contribution in [0.3, 0.4) is 0 Å². The van der Waals surface area contributed by atoms with Gasteiger partial charge in [-0.05, 0) is 218 Å². The molecule has 0 aliphatic heterocycles. The summed E-state index contributed by atoms with van der Waals surface area (Å²) in [6.07, 6.45) is 31.8. The van der Waals surface area contributed by atoms with E-state index < -0.39 is 0 Å². The smallest absolute Gasteiger partial charge is 0.233 e. The number of hydrogen-bond donors (Lipinski definition) is 9. The lowest BCUT2D eigenvalue weighted by atomic mass is 9.90. The van der Waals surface area contributed by atoms with Crippen molar-refractivity contribution in [3.8, 4) is 0 Å². The Hall–Kier alpha value is -9.39. The van der Waals surface area contributed by atoms with Crippen LogP contribution in [-0.4, -0.2) is 164 Å². The van der Waals surface area contributed by atoms with Crippen molar-refractivity contribution in [1.29, 1.82) is 0 Å². The number of aromatic nitrogens is 12. The topological polar surface area (TPSA) is 247 Å². The lowest BCUT2D eigenvalue weighted by Crippen LogP contribution is -2.38. The highest BCUT2D eigenvalue weighted by Gasteiger charge is 2.29. The number of anilines is 9. The Kier molecular flexibility index (Phi) is 25.7. The number of fused-ring (bicyclic) bond motifs is 3. The van der Waals surface area contributed by atoms with E-state index in [9.17, 15) is 0 Å². The summed E-state index contributed by atoms with van der Waals surface area (Å²) in [4.78, 5) is 36.0. The van der Waals surface area contributed by atoms with Crippen LogP contribution < -0.4 is 47.9 Å². The lowest BCUT2D eigenvalue weighted by molar-refractivity contribution is 0.221. The van der Waals surface area contributed by atoms with Gasteiger partial charge < -0.3 is 62.6 Å². The van der Waals surface area contributed by atoms with Gasteiger partial charge >= 0.3 is 0 Å².